The van der Waals surface area contributed by atoms with E-state index in [0.717, 1.165) is 35.9 Å². The Bertz CT molecular complexity index is 952. The number of likely N-dealkylation sites (tertiary alicyclic amines) is 1. The molecule has 4 rings (SSSR count). The topological polar surface area (TPSA) is 58.2 Å². The monoisotopic (exact) mass is 367 g/mol. The summed E-state index contributed by atoms with van der Waals surface area (Å²) in [5.74, 6) is 0.574. The van der Waals surface area contributed by atoms with Crippen molar-refractivity contribution in [3.05, 3.63) is 59.5 Å². The Labute approximate surface area is 157 Å². The van der Waals surface area contributed by atoms with Crippen molar-refractivity contribution in [3.8, 4) is 5.75 Å². The molecule has 0 aliphatic carbocycles. The van der Waals surface area contributed by atoms with Crippen molar-refractivity contribution in [2.75, 3.05) is 19.7 Å². The number of rotatable bonds is 4. The van der Waals surface area contributed by atoms with E-state index in [0.29, 0.717) is 24.6 Å². The molecule has 2 aromatic carbocycles. The molecule has 2 heterocycles. The summed E-state index contributed by atoms with van der Waals surface area (Å²) >= 11 is 0. The van der Waals surface area contributed by atoms with Gasteiger partial charge in [-0.15, -0.1) is 0 Å². The molecule has 0 unspecified atom stereocenters. The fourth-order valence-electron chi connectivity index (χ4n) is 3.57. The standard InChI is InChI=1S/C21H22FN3O2/c1-14-4-9-19-18(11-14)20(24-23-19)21(26)25-10-2-3-15(12-25)13-27-17-7-5-16(22)6-8-17/h4-9,11,15H,2-3,10,12-13H2,1H3,(H,23,24)/t15-/m0/s1. The fourth-order valence-corrected chi connectivity index (χ4v) is 3.57. The number of carbonyl (C=O) groups excluding carboxylic acids is 1. The third-order valence-electron chi connectivity index (χ3n) is 5.03. The van der Waals surface area contributed by atoms with Gasteiger partial charge in [0.1, 0.15) is 11.6 Å². The van der Waals surface area contributed by atoms with Gasteiger partial charge in [-0.3, -0.25) is 9.89 Å². The van der Waals surface area contributed by atoms with Gasteiger partial charge in [0.05, 0.1) is 12.1 Å². The van der Waals surface area contributed by atoms with Crippen LogP contribution < -0.4 is 4.74 Å². The quantitative estimate of drug-likeness (QED) is 0.760. The molecule has 6 heteroatoms. The second kappa shape index (κ2) is 7.39. The first-order valence-corrected chi connectivity index (χ1v) is 9.22. The molecule has 0 spiro atoms. The van der Waals surface area contributed by atoms with Crippen molar-refractivity contribution in [3.63, 3.8) is 0 Å². The van der Waals surface area contributed by atoms with E-state index in [-0.39, 0.29) is 17.6 Å². The van der Waals surface area contributed by atoms with Gasteiger partial charge in [-0.1, -0.05) is 11.6 Å². The lowest BCUT2D eigenvalue weighted by Gasteiger charge is -2.32. The lowest BCUT2D eigenvalue weighted by molar-refractivity contribution is 0.0629. The van der Waals surface area contributed by atoms with Crippen LogP contribution in [0.5, 0.6) is 5.75 Å². The largest absolute Gasteiger partial charge is 0.493 e. The van der Waals surface area contributed by atoms with E-state index >= 15 is 0 Å². The van der Waals surface area contributed by atoms with Gasteiger partial charge in [-0.2, -0.15) is 5.10 Å². The van der Waals surface area contributed by atoms with Crippen molar-refractivity contribution in [1.29, 1.82) is 0 Å². The lowest BCUT2D eigenvalue weighted by Crippen LogP contribution is -2.41. The molecular formula is C21H22FN3O2. The number of benzene rings is 2. The van der Waals surface area contributed by atoms with Gasteiger partial charge < -0.3 is 9.64 Å². The summed E-state index contributed by atoms with van der Waals surface area (Å²) in [6.07, 6.45) is 1.94. The number of aromatic amines is 1. The fraction of sp³-hybridized carbons (Fsp3) is 0.333. The average Bonchev–Trinajstić information content (AvgIpc) is 3.10. The molecule has 3 aromatic rings. The van der Waals surface area contributed by atoms with Crippen LogP contribution in [0, 0.1) is 18.7 Å². The van der Waals surface area contributed by atoms with Crippen LogP contribution in [0.1, 0.15) is 28.9 Å². The van der Waals surface area contributed by atoms with Crippen molar-refractivity contribution in [2.24, 2.45) is 5.92 Å². The summed E-state index contributed by atoms with van der Waals surface area (Å²) in [6.45, 7) is 3.88. The normalized spacial score (nSPS) is 17.3. The smallest absolute Gasteiger partial charge is 0.275 e. The molecule has 5 nitrogen and oxygen atoms in total. The first kappa shape index (κ1) is 17.5. The Morgan fingerprint density at radius 2 is 2.11 bits per heavy atom. The number of piperidine rings is 1. The molecule has 1 N–H and O–H groups in total. The van der Waals surface area contributed by atoms with Crippen LogP contribution >= 0.6 is 0 Å². The van der Waals surface area contributed by atoms with E-state index in [9.17, 15) is 9.18 Å². The third-order valence-corrected chi connectivity index (χ3v) is 5.03. The van der Waals surface area contributed by atoms with Crippen molar-refractivity contribution in [1.82, 2.24) is 15.1 Å². The summed E-state index contributed by atoms with van der Waals surface area (Å²) in [7, 11) is 0. The molecule has 140 valence electrons. The number of hydrogen-bond donors (Lipinski definition) is 1. The van der Waals surface area contributed by atoms with Gasteiger partial charge >= 0.3 is 0 Å². The number of halogens is 1. The molecule has 1 saturated heterocycles. The molecule has 0 radical (unpaired) electrons. The number of nitrogens with zero attached hydrogens (tertiary/aromatic N) is 2. The van der Waals surface area contributed by atoms with Crippen LogP contribution in [-0.4, -0.2) is 40.7 Å². The Morgan fingerprint density at radius 3 is 2.93 bits per heavy atom. The van der Waals surface area contributed by atoms with E-state index < -0.39 is 0 Å². The highest BCUT2D eigenvalue weighted by molar-refractivity contribution is 6.04. The Kier molecular flexibility index (Phi) is 4.79. The molecule has 27 heavy (non-hydrogen) atoms. The van der Waals surface area contributed by atoms with Crippen LogP contribution in [0.2, 0.25) is 0 Å². The number of fused-ring (bicyclic) bond motifs is 1. The number of aromatic nitrogens is 2. The van der Waals surface area contributed by atoms with E-state index in [4.69, 9.17) is 4.74 Å². The third kappa shape index (κ3) is 3.79. The zero-order valence-electron chi connectivity index (χ0n) is 15.2. The highest BCUT2D eigenvalue weighted by atomic mass is 19.1. The number of hydrogen-bond acceptors (Lipinski definition) is 3. The van der Waals surface area contributed by atoms with Crippen LogP contribution in [0.15, 0.2) is 42.5 Å². The van der Waals surface area contributed by atoms with Crippen molar-refractivity contribution < 1.29 is 13.9 Å². The first-order valence-electron chi connectivity index (χ1n) is 9.22. The molecule has 0 bridgehead atoms. The molecule has 1 aromatic heterocycles. The van der Waals surface area contributed by atoms with Gasteiger partial charge in [-0.05, 0) is 56.2 Å². The summed E-state index contributed by atoms with van der Waals surface area (Å²) in [5, 5.41) is 8.07. The number of aryl methyl sites for hydroxylation is 1. The lowest BCUT2D eigenvalue weighted by atomic mass is 9.98. The highest BCUT2D eigenvalue weighted by Gasteiger charge is 2.27. The maximum absolute atomic E-state index is 13.0. The van der Waals surface area contributed by atoms with Crippen molar-refractivity contribution >= 4 is 16.8 Å². The molecule has 1 fully saturated rings. The Morgan fingerprint density at radius 1 is 1.30 bits per heavy atom. The number of carbonyl (C=O) groups is 1. The molecule has 0 saturated carbocycles. The van der Waals surface area contributed by atoms with E-state index in [1.807, 2.05) is 30.0 Å². The van der Waals surface area contributed by atoms with Crippen molar-refractivity contribution in [2.45, 2.75) is 19.8 Å². The van der Waals surface area contributed by atoms with Crippen LogP contribution in [-0.2, 0) is 0 Å². The molecule has 1 atom stereocenters. The average molecular weight is 367 g/mol. The number of ether oxygens (including phenoxy) is 1. The second-order valence-electron chi connectivity index (χ2n) is 7.15. The Hall–Kier alpha value is -2.89. The minimum Gasteiger partial charge on any atom is -0.493 e. The minimum atomic E-state index is -0.279. The number of amides is 1. The second-order valence-corrected chi connectivity index (χ2v) is 7.15. The minimum absolute atomic E-state index is 0.0432. The number of nitrogens with one attached hydrogen (secondary N) is 1. The van der Waals surface area contributed by atoms with Gasteiger partial charge in [0.25, 0.3) is 5.91 Å². The zero-order chi connectivity index (χ0) is 18.8. The van der Waals surface area contributed by atoms with E-state index in [2.05, 4.69) is 10.2 Å². The molecule has 1 aliphatic rings. The van der Waals surface area contributed by atoms with E-state index in [1.54, 1.807) is 12.1 Å². The van der Waals surface area contributed by atoms with Crippen LogP contribution in [0.4, 0.5) is 4.39 Å². The summed E-state index contributed by atoms with van der Waals surface area (Å²) in [6, 6.07) is 12.0. The zero-order valence-corrected chi connectivity index (χ0v) is 15.2. The predicted octanol–water partition coefficient (Wildman–Crippen LogP) is 3.94. The molecule has 1 amide bonds. The van der Waals surface area contributed by atoms with E-state index in [1.165, 1.54) is 12.1 Å². The molecular weight excluding hydrogens is 345 g/mol. The van der Waals surface area contributed by atoms with Gasteiger partial charge in [0, 0.05) is 24.4 Å². The summed E-state index contributed by atoms with van der Waals surface area (Å²) in [5.41, 5.74) is 2.45. The number of H-pyrrole nitrogens is 1. The van der Waals surface area contributed by atoms with Crippen LogP contribution in [0.25, 0.3) is 10.9 Å². The van der Waals surface area contributed by atoms with Crippen LogP contribution in [0.3, 0.4) is 0 Å². The SMILES string of the molecule is Cc1ccc2[nH]nc(C(=O)N3CCC[C@H](COc4ccc(F)cc4)C3)c2c1. The predicted molar refractivity (Wildman–Crippen MR) is 101 cm³/mol. The van der Waals surface area contributed by atoms with Gasteiger partial charge in [-0.25, -0.2) is 4.39 Å². The Balaban J connectivity index is 1.43. The molecule has 1 aliphatic heterocycles. The maximum atomic E-state index is 13.0. The van der Waals surface area contributed by atoms with Gasteiger partial charge in [0.15, 0.2) is 5.69 Å². The highest BCUT2D eigenvalue weighted by Crippen LogP contribution is 2.23. The summed E-state index contributed by atoms with van der Waals surface area (Å²) < 4.78 is 18.8. The van der Waals surface area contributed by atoms with Gasteiger partial charge in [0.2, 0.25) is 0 Å². The summed E-state index contributed by atoms with van der Waals surface area (Å²) in [4.78, 5) is 14.9. The maximum Gasteiger partial charge on any atom is 0.275 e. The first-order chi connectivity index (χ1) is 13.1.